The average Bonchev–Trinajstić information content (AvgIpc) is 2.96. The number of fused-ring (bicyclic) bond motifs is 2. The van der Waals surface area contributed by atoms with E-state index in [0.29, 0.717) is 0 Å². The standard InChI is InChI=1S/C16H23ClN2/c1-19(9-13-7-11-2-3-12(13)6-11)10-14-8-15(18)4-5-16(14)17/h4-5,8,11-13H,2-3,6-7,9-10,18H2,1H3. The molecule has 2 N–H and O–H groups in total. The van der Waals surface area contributed by atoms with E-state index < -0.39 is 0 Å². The van der Waals surface area contributed by atoms with Gasteiger partial charge in [0.25, 0.3) is 0 Å². The molecule has 0 radical (unpaired) electrons. The van der Waals surface area contributed by atoms with Crippen LogP contribution in [0.4, 0.5) is 5.69 Å². The molecule has 0 amide bonds. The lowest BCUT2D eigenvalue weighted by molar-refractivity contribution is 0.214. The molecule has 2 saturated carbocycles. The van der Waals surface area contributed by atoms with Gasteiger partial charge in [-0.3, -0.25) is 0 Å². The fourth-order valence-electron chi connectivity index (χ4n) is 4.07. The van der Waals surface area contributed by atoms with Crippen LogP contribution < -0.4 is 5.73 Å². The summed E-state index contributed by atoms with van der Waals surface area (Å²) in [5, 5.41) is 0.828. The maximum Gasteiger partial charge on any atom is 0.0452 e. The summed E-state index contributed by atoms with van der Waals surface area (Å²) in [6.07, 6.45) is 5.87. The number of benzene rings is 1. The molecule has 0 aromatic heterocycles. The summed E-state index contributed by atoms with van der Waals surface area (Å²) in [6.45, 7) is 2.10. The Morgan fingerprint density at radius 1 is 1.32 bits per heavy atom. The molecule has 0 saturated heterocycles. The van der Waals surface area contributed by atoms with Crippen LogP contribution in [-0.4, -0.2) is 18.5 Å². The van der Waals surface area contributed by atoms with Gasteiger partial charge in [-0.05, 0) is 67.8 Å². The van der Waals surface area contributed by atoms with Crippen LogP contribution in [-0.2, 0) is 6.54 Å². The van der Waals surface area contributed by atoms with Gasteiger partial charge in [0.05, 0.1) is 0 Å². The van der Waals surface area contributed by atoms with Gasteiger partial charge in [-0.25, -0.2) is 0 Å². The highest BCUT2D eigenvalue weighted by Gasteiger charge is 2.39. The Bertz CT molecular complexity index is 460. The van der Waals surface area contributed by atoms with Crippen LogP contribution in [0.2, 0.25) is 5.02 Å². The number of anilines is 1. The fraction of sp³-hybridized carbons (Fsp3) is 0.625. The minimum absolute atomic E-state index is 0.799. The highest BCUT2D eigenvalue weighted by Crippen LogP contribution is 2.48. The molecule has 3 heteroatoms. The minimum Gasteiger partial charge on any atom is -0.399 e. The molecule has 2 fully saturated rings. The number of hydrogen-bond donors (Lipinski definition) is 1. The summed E-state index contributed by atoms with van der Waals surface area (Å²) in [5.41, 5.74) is 7.78. The van der Waals surface area contributed by atoms with Gasteiger partial charge in [-0.1, -0.05) is 18.0 Å². The third kappa shape index (κ3) is 2.90. The first-order valence-corrected chi connectivity index (χ1v) is 7.72. The summed E-state index contributed by atoms with van der Waals surface area (Å²) in [5.74, 6) is 2.92. The maximum atomic E-state index is 6.24. The SMILES string of the molecule is CN(Cc1cc(N)ccc1Cl)CC1CC2CCC1C2. The number of nitrogens with zero attached hydrogens (tertiary/aromatic N) is 1. The zero-order valence-electron chi connectivity index (χ0n) is 11.6. The molecule has 1 aromatic carbocycles. The lowest BCUT2D eigenvalue weighted by Gasteiger charge is -2.27. The molecule has 2 nitrogen and oxygen atoms in total. The number of halogens is 1. The second-order valence-corrected chi connectivity index (χ2v) is 6.89. The molecular formula is C16H23ClN2. The zero-order valence-corrected chi connectivity index (χ0v) is 12.4. The van der Waals surface area contributed by atoms with Crippen LogP contribution in [0.25, 0.3) is 0 Å². The molecule has 2 aliphatic carbocycles. The molecule has 0 heterocycles. The van der Waals surface area contributed by atoms with E-state index in [4.69, 9.17) is 17.3 Å². The summed E-state index contributed by atoms with van der Waals surface area (Å²) >= 11 is 6.24. The summed E-state index contributed by atoms with van der Waals surface area (Å²) in [7, 11) is 2.20. The summed E-state index contributed by atoms with van der Waals surface area (Å²) in [6, 6.07) is 5.76. The maximum absolute atomic E-state index is 6.24. The molecule has 104 valence electrons. The predicted molar refractivity (Wildman–Crippen MR) is 81.1 cm³/mol. The van der Waals surface area contributed by atoms with E-state index in [9.17, 15) is 0 Å². The predicted octanol–water partition coefficient (Wildman–Crippen LogP) is 3.79. The molecule has 0 aliphatic heterocycles. The van der Waals surface area contributed by atoms with Crippen molar-refractivity contribution in [1.82, 2.24) is 4.90 Å². The Labute approximate surface area is 120 Å². The normalized spacial score (nSPS) is 29.3. The highest BCUT2D eigenvalue weighted by atomic mass is 35.5. The van der Waals surface area contributed by atoms with Crippen molar-refractivity contribution in [2.75, 3.05) is 19.3 Å². The van der Waals surface area contributed by atoms with Crippen LogP contribution >= 0.6 is 11.6 Å². The van der Waals surface area contributed by atoms with Gasteiger partial charge in [-0.15, -0.1) is 0 Å². The Balaban J connectivity index is 1.59. The van der Waals surface area contributed by atoms with Crippen molar-refractivity contribution in [3.63, 3.8) is 0 Å². The largest absolute Gasteiger partial charge is 0.399 e. The topological polar surface area (TPSA) is 29.3 Å². The van der Waals surface area contributed by atoms with Gasteiger partial charge in [-0.2, -0.15) is 0 Å². The van der Waals surface area contributed by atoms with Crippen molar-refractivity contribution >= 4 is 17.3 Å². The second kappa shape index (κ2) is 5.34. The molecule has 3 atom stereocenters. The van der Waals surface area contributed by atoms with E-state index in [0.717, 1.165) is 40.6 Å². The fourth-order valence-corrected chi connectivity index (χ4v) is 4.25. The smallest absolute Gasteiger partial charge is 0.0452 e. The van der Waals surface area contributed by atoms with E-state index >= 15 is 0 Å². The van der Waals surface area contributed by atoms with Crippen LogP contribution in [0.3, 0.4) is 0 Å². The third-order valence-electron chi connectivity index (χ3n) is 4.94. The second-order valence-electron chi connectivity index (χ2n) is 6.48. The van der Waals surface area contributed by atoms with E-state index in [2.05, 4.69) is 11.9 Å². The van der Waals surface area contributed by atoms with E-state index in [-0.39, 0.29) is 0 Å². The Morgan fingerprint density at radius 2 is 2.16 bits per heavy atom. The van der Waals surface area contributed by atoms with Gasteiger partial charge in [0.2, 0.25) is 0 Å². The van der Waals surface area contributed by atoms with Crippen LogP contribution in [0, 0.1) is 17.8 Å². The Kier molecular flexibility index (Phi) is 3.72. The first-order chi connectivity index (χ1) is 9.11. The van der Waals surface area contributed by atoms with Gasteiger partial charge >= 0.3 is 0 Å². The van der Waals surface area contributed by atoms with Gasteiger partial charge < -0.3 is 10.6 Å². The van der Waals surface area contributed by atoms with Crippen LogP contribution in [0.5, 0.6) is 0 Å². The van der Waals surface area contributed by atoms with Crippen molar-refractivity contribution < 1.29 is 0 Å². The number of nitrogen functional groups attached to an aromatic ring is 1. The zero-order chi connectivity index (χ0) is 13.4. The van der Waals surface area contributed by atoms with Crippen LogP contribution in [0.15, 0.2) is 18.2 Å². The first kappa shape index (κ1) is 13.3. The molecule has 2 bridgehead atoms. The summed E-state index contributed by atoms with van der Waals surface area (Å²) < 4.78 is 0. The van der Waals surface area contributed by atoms with Crippen molar-refractivity contribution in [2.45, 2.75) is 32.2 Å². The van der Waals surface area contributed by atoms with Gasteiger partial charge in [0, 0.05) is 23.8 Å². The molecule has 3 unspecified atom stereocenters. The average molecular weight is 279 g/mol. The number of nitrogens with two attached hydrogens (primary N) is 1. The van der Waals surface area contributed by atoms with Crippen molar-refractivity contribution in [3.05, 3.63) is 28.8 Å². The van der Waals surface area contributed by atoms with E-state index in [1.54, 1.807) is 0 Å². The van der Waals surface area contributed by atoms with E-state index in [1.165, 1.54) is 32.2 Å². The highest BCUT2D eigenvalue weighted by molar-refractivity contribution is 6.31. The molecule has 3 rings (SSSR count). The lowest BCUT2D eigenvalue weighted by Crippen LogP contribution is -2.28. The molecule has 19 heavy (non-hydrogen) atoms. The number of rotatable bonds is 4. The summed E-state index contributed by atoms with van der Waals surface area (Å²) in [4.78, 5) is 2.41. The van der Waals surface area contributed by atoms with Crippen molar-refractivity contribution in [1.29, 1.82) is 0 Å². The Hall–Kier alpha value is -0.730. The van der Waals surface area contributed by atoms with Crippen LogP contribution in [0.1, 0.15) is 31.2 Å². The van der Waals surface area contributed by atoms with E-state index in [1.807, 2.05) is 18.2 Å². The molecule has 1 aromatic rings. The first-order valence-electron chi connectivity index (χ1n) is 7.34. The van der Waals surface area contributed by atoms with Gasteiger partial charge in [0.1, 0.15) is 0 Å². The quantitative estimate of drug-likeness (QED) is 0.849. The monoisotopic (exact) mass is 278 g/mol. The number of hydrogen-bond acceptors (Lipinski definition) is 2. The molecule has 0 spiro atoms. The van der Waals surface area contributed by atoms with Crippen molar-refractivity contribution in [2.24, 2.45) is 17.8 Å². The minimum atomic E-state index is 0.799. The lowest BCUT2D eigenvalue weighted by atomic mass is 9.88. The Morgan fingerprint density at radius 3 is 2.84 bits per heavy atom. The van der Waals surface area contributed by atoms with Gasteiger partial charge in [0.15, 0.2) is 0 Å². The van der Waals surface area contributed by atoms with Crippen molar-refractivity contribution in [3.8, 4) is 0 Å². The molecular weight excluding hydrogens is 256 g/mol. The molecule has 2 aliphatic rings. The third-order valence-corrected chi connectivity index (χ3v) is 5.31.